The summed E-state index contributed by atoms with van der Waals surface area (Å²) in [5, 5.41) is 9.50. The van der Waals surface area contributed by atoms with Crippen molar-refractivity contribution in [2.45, 2.75) is 71.1 Å². The highest BCUT2D eigenvalue weighted by atomic mass is 32.1. The fourth-order valence-corrected chi connectivity index (χ4v) is 4.85. The fourth-order valence-electron chi connectivity index (χ4n) is 4.06. The normalized spacial score (nSPS) is 14.0. The van der Waals surface area contributed by atoms with Gasteiger partial charge in [0.2, 0.25) is 0 Å². The monoisotopic (exact) mass is 529 g/mol. The van der Waals surface area contributed by atoms with Gasteiger partial charge in [-0.3, -0.25) is 15.1 Å². The summed E-state index contributed by atoms with van der Waals surface area (Å²) in [5.74, 6) is -0.152. The molecule has 1 fully saturated rings. The van der Waals surface area contributed by atoms with Crippen LogP contribution in [0.2, 0.25) is 0 Å². The van der Waals surface area contributed by atoms with Gasteiger partial charge in [-0.05, 0) is 70.3 Å². The van der Waals surface area contributed by atoms with E-state index in [0.717, 1.165) is 37.8 Å². The number of hydrogen-bond acceptors (Lipinski definition) is 7. The Hall–Kier alpha value is -2.98. The van der Waals surface area contributed by atoms with Crippen LogP contribution in [0.1, 0.15) is 68.1 Å². The van der Waals surface area contributed by atoms with Gasteiger partial charge in [0.25, 0.3) is 0 Å². The van der Waals surface area contributed by atoms with E-state index in [1.165, 1.54) is 11.3 Å². The molecule has 202 valence electrons. The first-order valence-electron chi connectivity index (χ1n) is 12.7. The van der Waals surface area contributed by atoms with Gasteiger partial charge in [-0.1, -0.05) is 18.9 Å². The van der Waals surface area contributed by atoms with Crippen LogP contribution in [0.5, 0.6) is 0 Å². The van der Waals surface area contributed by atoms with Crippen LogP contribution in [0.4, 0.5) is 15.3 Å². The maximum absolute atomic E-state index is 12.9. The zero-order valence-electron chi connectivity index (χ0n) is 22.5. The van der Waals surface area contributed by atoms with Gasteiger partial charge < -0.3 is 19.9 Å². The minimum Gasteiger partial charge on any atom is -0.444 e. The van der Waals surface area contributed by atoms with Crippen molar-refractivity contribution >= 4 is 34.9 Å². The number of carbonyl (C=O) groups excluding carboxylic acids is 3. The van der Waals surface area contributed by atoms with Crippen LogP contribution in [-0.2, 0) is 17.7 Å². The molecule has 1 aliphatic carbocycles. The predicted molar refractivity (Wildman–Crippen MR) is 146 cm³/mol. The van der Waals surface area contributed by atoms with Gasteiger partial charge in [-0.2, -0.15) is 0 Å². The highest BCUT2D eigenvalue weighted by molar-refractivity contribution is 7.08. The quantitative estimate of drug-likeness (QED) is 0.423. The number of Topliss-reactive ketones (excluding diaryl/α,β-unsaturated/α-hetero) is 1. The average Bonchev–Trinajstić information content (AvgIpc) is 3.47. The summed E-state index contributed by atoms with van der Waals surface area (Å²) in [7, 11) is 3.97. The molecular weight excluding hydrogens is 490 g/mol. The van der Waals surface area contributed by atoms with E-state index in [2.05, 4.69) is 15.6 Å². The summed E-state index contributed by atoms with van der Waals surface area (Å²) in [4.78, 5) is 46.2. The van der Waals surface area contributed by atoms with Crippen molar-refractivity contribution in [2.24, 2.45) is 0 Å². The molecule has 10 heteroatoms. The molecule has 1 aliphatic rings. The standard InChI is InChI=1S/C27H39N5O4S/c1-27(2,3)36-26(35)30-23-18-37-17-20(23)14-24(33)22-11-10-19(15-28-22)16-32(13-12-31(4)5)25(34)29-21-8-6-7-9-21/h10-11,15,17-18,21H,6-9,12-14,16H2,1-5H3,(H,29,34)(H,30,35). The molecular formula is C27H39N5O4S. The van der Waals surface area contributed by atoms with Crippen molar-refractivity contribution in [1.82, 2.24) is 20.1 Å². The molecule has 37 heavy (non-hydrogen) atoms. The SMILES string of the molecule is CN(C)CCN(Cc1ccc(C(=O)Cc2cscc2NC(=O)OC(C)(C)C)nc1)C(=O)NC1CCCC1. The number of likely N-dealkylation sites (N-methyl/N-ethyl adjacent to an activating group) is 1. The van der Waals surface area contributed by atoms with E-state index in [1.54, 1.807) is 43.3 Å². The van der Waals surface area contributed by atoms with Crippen LogP contribution in [-0.4, -0.2) is 71.5 Å². The summed E-state index contributed by atoms with van der Waals surface area (Å²) < 4.78 is 5.31. The zero-order valence-corrected chi connectivity index (χ0v) is 23.3. The number of aromatic nitrogens is 1. The maximum atomic E-state index is 12.9. The van der Waals surface area contributed by atoms with Crippen LogP contribution >= 0.6 is 11.3 Å². The molecule has 0 spiro atoms. The number of rotatable bonds is 10. The van der Waals surface area contributed by atoms with Gasteiger partial charge >= 0.3 is 12.1 Å². The number of hydrogen-bond donors (Lipinski definition) is 2. The molecule has 1 saturated carbocycles. The van der Waals surface area contributed by atoms with E-state index < -0.39 is 11.7 Å². The molecule has 0 saturated heterocycles. The fraction of sp³-hybridized carbons (Fsp3) is 0.556. The second kappa shape index (κ2) is 13.0. The smallest absolute Gasteiger partial charge is 0.412 e. The Balaban J connectivity index is 1.60. The predicted octanol–water partition coefficient (Wildman–Crippen LogP) is 4.93. The minimum atomic E-state index is -0.610. The first-order chi connectivity index (χ1) is 17.5. The number of thiophene rings is 1. The topological polar surface area (TPSA) is 104 Å². The number of anilines is 1. The lowest BCUT2D eigenvalue weighted by Gasteiger charge is -2.26. The van der Waals surface area contributed by atoms with Crippen molar-refractivity contribution in [3.63, 3.8) is 0 Å². The molecule has 0 bridgehead atoms. The molecule has 0 unspecified atom stereocenters. The molecule has 3 rings (SSSR count). The van der Waals surface area contributed by atoms with Crippen LogP contribution in [0.3, 0.4) is 0 Å². The zero-order chi connectivity index (χ0) is 27.0. The van der Waals surface area contributed by atoms with Crippen molar-refractivity contribution < 1.29 is 19.1 Å². The van der Waals surface area contributed by atoms with Gasteiger partial charge in [0.1, 0.15) is 11.3 Å². The third kappa shape index (κ3) is 9.44. The maximum Gasteiger partial charge on any atom is 0.412 e. The van der Waals surface area contributed by atoms with Gasteiger partial charge in [0.15, 0.2) is 5.78 Å². The highest BCUT2D eigenvalue weighted by Gasteiger charge is 2.22. The molecule has 0 aromatic carbocycles. The summed E-state index contributed by atoms with van der Waals surface area (Å²) in [6.07, 6.45) is 5.59. The number of amides is 3. The van der Waals surface area contributed by atoms with Crippen molar-refractivity contribution in [3.05, 3.63) is 45.9 Å². The first kappa shape index (κ1) is 28.6. The minimum absolute atomic E-state index is 0.0589. The second-order valence-corrected chi connectivity index (χ2v) is 11.5. The number of nitrogens with one attached hydrogen (secondary N) is 2. The van der Waals surface area contributed by atoms with Crippen LogP contribution in [0.25, 0.3) is 0 Å². The molecule has 3 amide bonds. The number of pyridine rings is 1. The molecule has 0 aliphatic heterocycles. The summed E-state index contributed by atoms with van der Waals surface area (Å²) in [6.45, 7) is 7.15. The Morgan fingerprint density at radius 2 is 1.84 bits per heavy atom. The molecule has 2 aromatic heterocycles. The van der Waals surface area contributed by atoms with E-state index in [1.807, 2.05) is 30.4 Å². The van der Waals surface area contributed by atoms with Crippen LogP contribution < -0.4 is 10.6 Å². The highest BCUT2D eigenvalue weighted by Crippen LogP contribution is 2.24. The van der Waals surface area contributed by atoms with Crippen LogP contribution in [0, 0.1) is 0 Å². The van der Waals surface area contributed by atoms with Gasteiger partial charge in [-0.15, -0.1) is 11.3 Å². The molecule has 2 N–H and O–H groups in total. The number of urea groups is 1. The lowest BCUT2D eigenvalue weighted by atomic mass is 10.1. The summed E-state index contributed by atoms with van der Waals surface area (Å²) in [6, 6.07) is 3.74. The van der Waals surface area contributed by atoms with Gasteiger partial charge in [0.05, 0.1) is 5.69 Å². The lowest BCUT2D eigenvalue weighted by Crippen LogP contribution is -2.45. The lowest BCUT2D eigenvalue weighted by molar-refractivity contribution is 0.0635. The Bertz CT molecular complexity index is 1060. The summed E-state index contributed by atoms with van der Waals surface area (Å²) in [5.41, 5.74) is 1.87. The first-order valence-corrected chi connectivity index (χ1v) is 13.7. The summed E-state index contributed by atoms with van der Waals surface area (Å²) >= 11 is 1.40. The Morgan fingerprint density at radius 3 is 2.46 bits per heavy atom. The van der Waals surface area contributed by atoms with Crippen LogP contribution in [0.15, 0.2) is 29.1 Å². The number of ketones is 1. The largest absolute Gasteiger partial charge is 0.444 e. The Kier molecular flexibility index (Phi) is 10.0. The van der Waals surface area contributed by atoms with E-state index >= 15 is 0 Å². The van der Waals surface area contributed by atoms with E-state index in [4.69, 9.17) is 4.74 Å². The average molecular weight is 530 g/mol. The van der Waals surface area contributed by atoms with Gasteiger partial charge in [-0.25, -0.2) is 9.59 Å². The van der Waals surface area contributed by atoms with E-state index in [0.29, 0.717) is 30.0 Å². The number of carbonyl (C=O) groups is 3. The third-order valence-electron chi connectivity index (χ3n) is 6.00. The van der Waals surface area contributed by atoms with Crippen molar-refractivity contribution in [3.8, 4) is 0 Å². The van der Waals surface area contributed by atoms with Gasteiger partial charge in [0, 0.05) is 43.7 Å². The Morgan fingerprint density at radius 1 is 1.11 bits per heavy atom. The molecule has 0 atom stereocenters. The van der Waals surface area contributed by atoms with Crippen molar-refractivity contribution in [1.29, 1.82) is 0 Å². The number of nitrogens with zero attached hydrogens (tertiary/aromatic N) is 3. The third-order valence-corrected chi connectivity index (χ3v) is 6.79. The second-order valence-electron chi connectivity index (χ2n) is 10.7. The van der Waals surface area contributed by atoms with Crippen molar-refractivity contribution in [2.75, 3.05) is 32.5 Å². The Labute approximate surface area is 223 Å². The molecule has 2 heterocycles. The van der Waals surface area contributed by atoms with E-state index in [-0.39, 0.29) is 24.3 Å². The van der Waals surface area contributed by atoms with E-state index in [9.17, 15) is 14.4 Å². The number of ether oxygens (including phenoxy) is 1. The molecule has 9 nitrogen and oxygen atoms in total. The molecule has 2 aromatic rings. The molecule has 0 radical (unpaired) electrons.